The first-order valence-corrected chi connectivity index (χ1v) is 54.2. The molecule has 0 saturated carbocycles. The minimum atomic E-state index is -1.48. The van der Waals surface area contributed by atoms with Crippen LogP contribution in [0.2, 0.25) is 19.6 Å². The van der Waals surface area contributed by atoms with Gasteiger partial charge in [0.25, 0.3) is 0 Å². The lowest BCUT2D eigenvalue weighted by atomic mass is 9.86. The van der Waals surface area contributed by atoms with Crippen molar-refractivity contribution in [2.24, 2.45) is 0 Å². The standard InChI is InChI=1S/C70H44N2O2.C69H50N2O2Si/c1-3-18-46(19-4-1)53-23-11-13-29-64(53)72(65-30-15-28-59-56-26-12-14-31-66(56)74-70(59)65)50-36-34-47(35-37-50)60-43-62-58-27-16-32-67-69(58)63(44-61(62)55-25-10-9-24-54(55)60)57-40-39-52(42-68(57)73-67)71(49-21-5-2-6-22-49)51-38-33-45-17-7-8-20-48(45)41-51;1-74(2,3)51-39-36-48(37-40-51)70(47-20-8-5-9-21-47)50-38-41-56-62-44-60-54-24-11-10-23-53(54)59(43-61(60)57-26-17-31-66(68(57)62)72-67(56)42-50)46-32-34-49(35-33-46)71(63-28-14-12-22-52(63)45-18-6-4-7-19-45)64-29-16-27-58-55-25-13-15-30-65(55)73-69(58)64/h1-44H;4-44H,1-3H3. The fraction of sp³-hybridized carbons (Fsp3) is 0.0216. The van der Waals surface area contributed by atoms with Crippen LogP contribution in [0.4, 0.5) is 68.2 Å². The Labute approximate surface area is 857 Å². The number of rotatable bonds is 17. The maximum absolute atomic E-state index is 6.98. The summed E-state index contributed by atoms with van der Waals surface area (Å²) in [4.78, 5) is 9.36. The number of furan rings is 2. The number of ether oxygens (including phenoxy) is 2. The van der Waals surface area contributed by atoms with E-state index >= 15 is 0 Å². The van der Waals surface area contributed by atoms with E-state index in [1.165, 1.54) is 86.7 Å². The number of benzene rings is 25. The molecule has 698 valence electrons. The molecule has 9 heteroatoms. The van der Waals surface area contributed by atoms with Gasteiger partial charge in [-0.25, -0.2) is 0 Å². The topological polar surface area (TPSA) is 57.7 Å². The fourth-order valence-electron chi connectivity index (χ4n) is 23.0. The van der Waals surface area contributed by atoms with E-state index < -0.39 is 8.07 Å². The maximum atomic E-state index is 6.98. The normalized spacial score (nSPS) is 12.0. The Hall–Kier alpha value is -19.1. The Kier molecular flexibility index (Phi) is 20.8. The molecule has 0 atom stereocenters. The van der Waals surface area contributed by atoms with Gasteiger partial charge in [0.05, 0.1) is 30.8 Å². The van der Waals surface area contributed by atoms with Crippen molar-refractivity contribution in [3.63, 3.8) is 0 Å². The largest absolute Gasteiger partial charge is 0.456 e. The van der Waals surface area contributed by atoms with Crippen LogP contribution in [0.25, 0.3) is 186 Å². The van der Waals surface area contributed by atoms with Crippen LogP contribution in [0, 0.1) is 0 Å². The van der Waals surface area contributed by atoms with Gasteiger partial charge in [-0.05, 0) is 279 Å². The Bertz CT molecular complexity index is 9980. The predicted molar refractivity (Wildman–Crippen MR) is 624 cm³/mol. The monoisotopic (exact) mass is 1910 g/mol. The van der Waals surface area contributed by atoms with Gasteiger partial charge in [0.15, 0.2) is 11.2 Å². The van der Waals surface area contributed by atoms with Gasteiger partial charge in [-0.1, -0.05) is 358 Å². The molecule has 148 heavy (non-hydrogen) atoms. The lowest BCUT2D eigenvalue weighted by Gasteiger charge is -2.29. The smallest absolute Gasteiger partial charge is 0.159 e. The highest BCUT2D eigenvalue weighted by Crippen LogP contribution is 2.58. The van der Waals surface area contributed by atoms with Gasteiger partial charge < -0.3 is 37.9 Å². The van der Waals surface area contributed by atoms with E-state index in [2.05, 4.69) is 543 Å². The molecule has 4 heterocycles. The summed E-state index contributed by atoms with van der Waals surface area (Å²) in [6.45, 7) is 7.19. The van der Waals surface area contributed by atoms with E-state index in [-0.39, 0.29) is 0 Å². The molecular formula is C139H94N4O4Si. The molecule has 8 nitrogen and oxygen atoms in total. The van der Waals surface area contributed by atoms with E-state index in [0.717, 1.165) is 196 Å². The third-order valence-corrected chi connectivity index (χ3v) is 32.0. The lowest BCUT2D eigenvalue weighted by Crippen LogP contribution is -2.37. The molecule has 0 saturated heterocycles. The zero-order valence-corrected chi connectivity index (χ0v) is 82.5. The molecule has 0 amide bonds. The molecule has 2 aliphatic rings. The Balaban J connectivity index is 0.000000143. The first-order valence-electron chi connectivity index (χ1n) is 50.7. The third kappa shape index (κ3) is 14.8. The summed E-state index contributed by atoms with van der Waals surface area (Å²) in [5, 5.41) is 22.4. The van der Waals surface area contributed by atoms with Crippen LogP contribution < -0.4 is 34.3 Å². The Morgan fingerprint density at radius 1 is 0.169 bits per heavy atom. The van der Waals surface area contributed by atoms with Crippen molar-refractivity contribution >= 4 is 201 Å². The molecule has 0 spiro atoms. The van der Waals surface area contributed by atoms with Crippen molar-refractivity contribution < 1.29 is 18.3 Å². The summed E-state index contributed by atoms with van der Waals surface area (Å²) < 4.78 is 27.4. The van der Waals surface area contributed by atoms with E-state index in [1.807, 2.05) is 12.1 Å². The van der Waals surface area contributed by atoms with Crippen LogP contribution in [0.15, 0.2) is 524 Å². The van der Waals surface area contributed by atoms with Crippen LogP contribution in [0.1, 0.15) is 0 Å². The van der Waals surface area contributed by atoms with Crippen molar-refractivity contribution in [2.75, 3.05) is 19.6 Å². The quantitative estimate of drug-likeness (QED) is 0.0660. The van der Waals surface area contributed by atoms with Crippen LogP contribution >= 0.6 is 0 Å². The first kappa shape index (κ1) is 86.8. The highest BCUT2D eigenvalue weighted by atomic mass is 28.3. The second-order valence-corrected chi connectivity index (χ2v) is 44.7. The summed E-state index contributed by atoms with van der Waals surface area (Å²) in [6.07, 6.45) is 0. The van der Waals surface area contributed by atoms with Crippen LogP contribution in [0.3, 0.4) is 0 Å². The van der Waals surface area contributed by atoms with Gasteiger partial charge in [-0.15, -0.1) is 0 Å². The van der Waals surface area contributed by atoms with E-state index in [1.54, 1.807) is 0 Å². The molecule has 0 unspecified atom stereocenters. The minimum Gasteiger partial charge on any atom is -0.456 e. The highest BCUT2D eigenvalue weighted by Gasteiger charge is 2.32. The van der Waals surface area contributed by atoms with Crippen molar-refractivity contribution in [3.05, 3.63) is 516 Å². The van der Waals surface area contributed by atoms with Crippen LogP contribution in [-0.4, -0.2) is 8.07 Å². The molecule has 0 bridgehead atoms. The second kappa shape index (κ2) is 35.5. The second-order valence-electron chi connectivity index (χ2n) is 39.6. The molecule has 27 aromatic rings. The summed E-state index contributed by atoms with van der Waals surface area (Å²) >= 11 is 0. The molecule has 2 aromatic heterocycles. The zero-order chi connectivity index (χ0) is 98.2. The molecular weight excluding hydrogens is 1820 g/mol. The predicted octanol–water partition coefficient (Wildman–Crippen LogP) is 39.9. The maximum Gasteiger partial charge on any atom is 0.159 e. The van der Waals surface area contributed by atoms with Crippen molar-refractivity contribution in [2.45, 2.75) is 19.6 Å². The molecule has 29 rings (SSSR count). The molecule has 25 aromatic carbocycles. The van der Waals surface area contributed by atoms with Gasteiger partial charge >= 0.3 is 0 Å². The molecule has 0 radical (unpaired) electrons. The van der Waals surface area contributed by atoms with Gasteiger partial charge in [0.2, 0.25) is 0 Å². The molecule has 0 fully saturated rings. The van der Waals surface area contributed by atoms with Gasteiger partial charge in [-0.2, -0.15) is 0 Å². The number of anilines is 12. The minimum absolute atomic E-state index is 0.835. The summed E-state index contributed by atoms with van der Waals surface area (Å²) in [5.41, 5.74) is 29.7. The van der Waals surface area contributed by atoms with E-state index in [0.29, 0.717) is 0 Å². The van der Waals surface area contributed by atoms with Gasteiger partial charge in [-0.3, -0.25) is 0 Å². The van der Waals surface area contributed by atoms with Gasteiger partial charge in [0.1, 0.15) is 34.2 Å². The summed E-state index contributed by atoms with van der Waals surface area (Å²) in [7, 11) is -1.48. The summed E-state index contributed by atoms with van der Waals surface area (Å²) in [6, 6.07) is 186. The SMILES string of the molecule is C[Si](C)(C)c1ccc(N(c2ccccc2)c2ccc3c(c2)Oc2cccc4c2c-3cc2c3ccccc3c(-c3ccc(N(c5ccccc5-c5ccccc5)c5cccc6c5oc5ccccc56)cc3)cc42)cc1.c1ccc(-c2ccccc2N(c2ccc(-c3cc4c5cccc6c5c(cc4c4ccccc34)-c3ccc(N(c4ccccc4)c4ccc5ccccc5c4)cc3O6)cc2)c2cccc3c2oc2ccccc23)cc1. The number of fused-ring (bicyclic) bond motifs is 19. The van der Waals surface area contributed by atoms with Gasteiger partial charge in [0, 0.05) is 112 Å². The van der Waals surface area contributed by atoms with Crippen molar-refractivity contribution in [3.8, 4) is 89.8 Å². The fourth-order valence-corrected chi connectivity index (χ4v) is 24.2. The van der Waals surface area contributed by atoms with Crippen LogP contribution in [-0.2, 0) is 0 Å². The third-order valence-electron chi connectivity index (χ3n) is 30.0. The van der Waals surface area contributed by atoms with E-state index in [9.17, 15) is 0 Å². The Morgan fingerprint density at radius 3 is 0.953 bits per heavy atom. The average Bonchev–Trinajstić information content (AvgIpc) is 0.898. The summed E-state index contributed by atoms with van der Waals surface area (Å²) in [5.74, 6) is 3.40. The average molecular weight is 1910 g/mol. The van der Waals surface area contributed by atoms with Crippen LogP contribution in [0.5, 0.6) is 23.0 Å². The first-order chi connectivity index (χ1) is 73.0. The lowest BCUT2D eigenvalue weighted by molar-refractivity contribution is 0.487. The molecule has 0 N–H and O–H groups in total. The van der Waals surface area contributed by atoms with Crippen molar-refractivity contribution in [1.29, 1.82) is 0 Å². The molecule has 0 aliphatic carbocycles. The van der Waals surface area contributed by atoms with Crippen molar-refractivity contribution in [1.82, 2.24) is 0 Å². The number of hydrogen-bond acceptors (Lipinski definition) is 8. The molecule has 2 aliphatic heterocycles. The number of para-hydroxylation sites is 8. The van der Waals surface area contributed by atoms with E-state index in [4.69, 9.17) is 18.3 Å². The number of hydrogen-bond donors (Lipinski definition) is 0. The Morgan fingerprint density at radius 2 is 0.486 bits per heavy atom. The highest BCUT2D eigenvalue weighted by molar-refractivity contribution is 6.88. The number of nitrogens with zero attached hydrogens (tertiary/aromatic N) is 4. The zero-order valence-electron chi connectivity index (χ0n) is 81.5.